The lowest BCUT2D eigenvalue weighted by Crippen LogP contribution is -2.24. The highest BCUT2D eigenvalue weighted by Gasteiger charge is 2.40. The Labute approximate surface area is 180 Å². The highest BCUT2D eigenvalue weighted by Crippen LogP contribution is 2.53. The summed E-state index contributed by atoms with van der Waals surface area (Å²) in [7, 11) is 0. The quantitative estimate of drug-likeness (QED) is 0.417. The molecule has 0 atom stereocenters. The lowest BCUT2D eigenvalue weighted by Gasteiger charge is -2.31. The fourth-order valence-electron chi connectivity index (χ4n) is 4.32. The van der Waals surface area contributed by atoms with E-state index in [1.807, 2.05) is 64.1 Å². The normalized spacial score (nSPS) is 11.9. The number of hydrogen-bond donors (Lipinski definition) is 0. The Morgan fingerprint density at radius 3 is 1.10 bits per heavy atom. The van der Waals surface area contributed by atoms with E-state index in [0.29, 0.717) is 0 Å². The van der Waals surface area contributed by atoms with Gasteiger partial charge in [-0.1, -0.05) is 139 Å². The van der Waals surface area contributed by atoms with Gasteiger partial charge in [0.25, 0.3) is 0 Å². The van der Waals surface area contributed by atoms with E-state index in [2.05, 4.69) is 62.4 Å². The fourth-order valence-corrected chi connectivity index (χ4v) is 4.32. The molecule has 0 bridgehead atoms. The van der Waals surface area contributed by atoms with Gasteiger partial charge in [-0.25, -0.2) is 0 Å². The first-order chi connectivity index (χ1) is 14.3. The van der Waals surface area contributed by atoms with Crippen molar-refractivity contribution in [3.63, 3.8) is 0 Å². The van der Waals surface area contributed by atoms with E-state index in [1.54, 1.807) is 11.1 Å². The molecule has 0 saturated carbocycles. The molecule has 0 unspecified atom stereocenters. The van der Waals surface area contributed by atoms with E-state index >= 15 is 0 Å². The molecule has 1 aliphatic carbocycles. The Bertz CT molecular complexity index is 706. The zero-order valence-electron chi connectivity index (χ0n) is 19.4. The standard InChI is InChI=1S/C19H22.C6H6.2C2H6/c1-3-13-19(14-4-2)17-11-7-5-9-15(17)16-10-6-8-12-18(16)19;1-2-4-6-5-3-1;2*1-2/h5-12H,3-4,13-14H2,1-2H3;1-6H;2*1-2H3. The summed E-state index contributed by atoms with van der Waals surface area (Å²) in [6.07, 6.45) is 5.00. The fraction of sp³-hybridized carbons (Fsp3) is 0.379. The van der Waals surface area contributed by atoms with E-state index < -0.39 is 0 Å². The summed E-state index contributed by atoms with van der Waals surface area (Å²) in [5.41, 5.74) is 6.29. The van der Waals surface area contributed by atoms with Crippen molar-refractivity contribution < 1.29 is 0 Å². The van der Waals surface area contributed by atoms with Gasteiger partial charge < -0.3 is 0 Å². The predicted molar refractivity (Wildman–Crippen MR) is 132 cm³/mol. The molecule has 0 nitrogen and oxygen atoms in total. The lowest BCUT2D eigenvalue weighted by atomic mass is 9.71. The molecule has 3 aromatic rings. The van der Waals surface area contributed by atoms with Crippen molar-refractivity contribution in [3.8, 4) is 11.1 Å². The topological polar surface area (TPSA) is 0 Å². The summed E-state index contributed by atoms with van der Waals surface area (Å²) >= 11 is 0. The van der Waals surface area contributed by atoms with Crippen LogP contribution in [0.3, 0.4) is 0 Å². The molecule has 0 N–H and O–H groups in total. The first-order valence-corrected chi connectivity index (χ1v) is 11.5. The monoisotopic (exact) mass is 388 g/mol. The Hall–Kier alpha value is -2.34. The Morgan fingerprint density at radius 2 is 0.793 bits per heavy atom. The third-order valence-electron chi connectivity index (χ3n) is 5.20. The second-order valence-corrected chi connectivity index (χ2v) is 6.83. The van der Waals surface area contributed by atoms with Crippen molar-refractivity contribution in [2.45, 2.75) is 72.6 Å². The van der Waals surface area contributed by atoms with E-state index in [-0.39, 0.29) is 5.41 Å². The average molecular weight is 389 g/mol. The van der Waals surface area contributed by atoms with Crippen LogP contribution in [0.15, 0.2) is 84.9 Å². The number of rotatable bonds is 4. The van der Waals surface area contributed by atoms with Gasteiger partial charge in [0.15, 0.2) is 0 Å². The van der Waals surface area contributed by atoms with Crippen LogP contribution in [0.1, 0.15) is 78.4 Å². The molecule has 0 amide bonds. The smallest absolute Gasteiger partial charge is 0.0215 e. The maximum atomic E-state index is 2.35. The van der Waals surface area contributed by atoms with E-state index in [4.69, 9.17) is 0 Å². The number of benzene rings is 3. The molecule has 0 fully saturated rings. The van der Waals surface area contributed by atoms with Crippen LogP contribution in [0.2, 0.25) is 0 Å². The second-order valence-electron chi connectivity index (χ2n) is 6.83. The van der Waals surface area contributed by atoms with E-state index in [0.717, 1.165) is 0 Å². The van der Waals surface area contributed by atoms with Gasteiger partial charge in [0, 0.05) is 5.41 Å². The third-order valence-corrected chi connectivity index (χ3v) is 5.20. The molecule has 0 aliphatic heterocycles. The van der Waals surface area contributed by atoms with Crippen molar-refractivity contribution in [2.24, 2.45) is 0 Å². The Kier molecular flexibility index (Phi) is 11.7. The summed E-state index contributed by atoms with van der Waals surface area (Å²) < 4.78 is 0. The largest absolute Gasteiger partial charge is 0.0683 e. The van der Waals surface area contributed by atoms with Crippen molar-refractivity contribution in [1.82, 2.24) is 0 Å². The third kappa shape index (κ3) is 5.82. The van der Waals surface area contributed by atoms with Gasteiger partial charge in [0.1, 0.15) is 0 Å². The Balaban J connectivity index is 0.000000353. The van der Waals surface area contributed by atoms with Crippen molar-refractivity contribution in [2.75, 3.05) is 0 Å². The summed E-state index contributed by atoms with van der Waals surface area (Å²) in [6, 6.07) is 30.0. The minimum atomic E-state index is 0.261. The first-order valence-electron chi connectivity index (χ1n) is 11.5. The summed E-state index contributed by atoms with van der Waals surface area (Å²) in [5.74, 6) is 0. The van der Waals surface area contributed by atoms with Crippen molar-refractivity contribution in [3.05, 3.63) is 96.1 Å². The minimum absolute atomic E-state index is 0.261. The SMILES string of the molecule is CC.CC.CCCC1(CCC)c2ccccc2-c2ccccc21.c1ccccc1. The summed E-state index contributed by atoms with van der Waals surface area (Å²) in [5, 5.41) is 0. The lowest BCUT2D eigenvalue weighted by molar-refractivity contribution is 0.436. The predicted octanol–water partition coefficient (Wildman–Crippen LogP) is 9.29. The molecule has 3 aromatic carbocycles. The minimum Gasteiger partial charge on any atom is -0.0683 e. The van der Waals surface area contributed by atoms with Crippen LogP contribution in [0.4, 0.5) is 0 Å². The van der Waals surface area contributed by atoms with Gasteiger partial charge in [-0.2, -0.15) is 0 Å². The van der Waals surface area contributed by atoms with Crippen molar-refractivity contribution >= 4 is 0 Å². The van der Waals surface area contributed by atoms with Gasteiger partial charge in [-0.3, -0.25) is 0 Å². The average Bonchev–Trinajstić information content (AvgIpc) is 3.09. The molecule has 0 heterocycles. The van der Waals surface area contributed by atoms with Crippen LogP contribution >= 0.6 is 0 Å². The Morgan fingerprint density at radius 1 is 0.483 bits per heavy atom. The highest BCUT2D eigenvalue weighted by atomic mass is 14.4. The zero-order valence-corrected chi connectivity index (χ0v) is 19.4. The van der Waals surface area contributed by atoms with Gasteiger partial charge >= 0.3 is 0 Å². The first kappa shape index (κ1) is 24.7. The van der Waals surface area contributed by atoms with Crippen LogP contribution < -0.4 is 0 Å². The number of hydrogen-bond acceptors (Lipinski definition) is 0. The summed E-state index contributed by atoms with van der Waals surface area (Å²) in [6.45, 7) is 12.6. The van der Waals surface area contributed by atoms with Gasteiger partial charge in [-0.15, -0.1) is 0 Å². The molecule has 29 heavy (non-hydrogen) atoms. The van der Waals surface area contributed by atoms with Crippen LogP contribution in [-0.2, 0) is 5.41 Å². The molecule has 0 radical (unpaired) electrons. The molecular formula is C29H40. The van der Waals surface area contributed by atoms with Gasteiger partial charge in [0.2, 0.25) is 0 Å². The molecule has 0 heteroatoms. The van der Waals surface area contributed by atoms with Crippen LogP contribution in [-0.4, -0.2) is 0 Å². The van der Waals surface area contributed by atoms with Crippen LogP contribution in [0.25, 0.3) is 11.1 Å². The molecule has 156 valence electrons. The maximum Gasteiger partial charge on any atom is 0.0215 e. The van der Waals surface area contributed by atoms with Gasteiger partial charge in [0.05, 0.1) is 0 Å². The molecule has 0 spiro atoms. The molecule has 0 saturated heterocycles. The zero-order chi connectivity index (χ0) is 21.5. The molecular weight excluding hydrogens is 348 g/mol. The van der Waals surface area contributed by atoms with Crippen LogP contribution in [0.5, 0.6) is 0 Å². The van der Waals surface area contributed by atoms with E-state index in [1.165, 1.54) is 36.8 Å². The van der Waals surface area contributed by atoms with Gasteiger partial charge in [-0.05, 0) is 35.1 Å². The molecule has 4 rings (SSSR count). The van der Waals surface area contributed by atoms with Crippen LogP contribution in [0, 0.1) is 0 Å². The summed E-state index contributed by atoms with van der Waals surface area (Å²) in [4.78, 5) is 0. The van der Waals surface area contributed by atoms with Crippen molar-refractivity contribution in [1.29, 1.82) is 0 Å². The molecule has 1 aliphatic rings. The maximum absolute atomic E-state index is 2.35. The van der Waals surface area contributed by atoms with E-state index in [9.17, 15) is 0 Å². The highest BCUT2D eigenvalue weighted by molar-refractivity contribution is 5.80. The molecule has 0 aromatic heterocycles. The second kappa shape index (κ2) is 13.8. The number of fused-ring (bicyclic) bond motifs is 3.